The number of benzene rings is 1. The van der Waals surface area contributed by atoms with Crippen LogP contribution in [0.5, 0.6) is 5.75 Å². The van der Waals surface area contributed by atoms with Crippen molar-refractivity contribution in [1.29, 1.82) is 0 Å². The smallest absolute Gasteiger partial charge is 0.331 e. The van der Waals surface area contributed by atoms with E-state index in [4.69, 9.17) is 4.74 Å². The Bertz CT molecular complexity index is 688. The molecule has 7 heteroatoms. The first-order valence-corrected chi connectivity index (χ1v) is 8.21. The molecule has 0 radical (unpaired) electrons. The van der Waals surface area contributed by atoms with E-state index in [0.29, 0.717) is 17.7 Å². The molecule has 1 aromatic carbocycles. The van der Waals surface area contributed by atoms with Crippen LogP contribution in [0.1, 0.15) is 45.6 Å². The quantitative estimate of drug-likeness (QED) is 0.439. The van der Waals surface area contributed by atoms with E-state index in [1.54, 1.807) is 26.8 Å². The summed E-state index contributed by atoms with van der Waals surface area (Å²) >= 11 is 0. The third kappa shape index (κ3) is 8.32. The van der Waals surface area contributed by atoms with E-state index in [0.717, 1.165) is 0 Å². The van der Waals surface area contributed by atoms with Crippen molar-refractivity contribution >= 4 is 29.6 Å². The second kappa shape index (κ2) is 9.60. The number of carbonyl (C=O) groups excluding carboxylic acids is 3. The van der Waals surface area contributed by atoms with Gasteiger partial charge in [0, 0.05) is 30.2 Å². The first-order chi connectivity index (χ1) is 12.1. The number of phenolic OH excluding ortho intramolecular Hbond substituents is 1. The third-order valence-electron chi connectivity index (χ3n) is 3.13. The molecule has 26 heavy (non-hydrogen) atoms. The molecular weight excluding hydrogens is 338 g/mol. The molecule has 1 rings (SSSR count). The van der Waals surface area contributed by atoms with Crippen molar-refractivity contribution in [3.8, 4) is 5.75 Å². The molecule has 0 heterocycles. The first-order valence-electron chi connectivity index (χ1n) is 8.21. The van der Waals surface area contributed by atoms with Gasteiger partial charge in [-0.25, -0.2) is 4.79 Å². The second-order valence-corrected chi connectivity index (χ2v) is 6.62. The molecule has 0 spiro atoms. The Morgan fingerprint density at radius 2 is 1.88 bits per heavy atom. The van der Waals surface area contributed by atoms with Crippen LogP contribution in [-0.2, 0) is 23.9 Å². The lowest BCUT2D eigenvalue weighted by molar-refractivity contribution is -0.148. The van der Waals surface area contributed by atoms with Gasteiger partial charge in [-0.1, -0.05) is 0 Å². The van der Waals surface area contributed by atoms with Crippen LogP contribution in [-0.4, -0.2) is 35.7 Å². The number of hydrogen-bond donors (Lipinski definition) is 2. The average molecular weight is 363 g/mol. The van der Waals surface area contributed by atoms with E-state index in [9.17, 15) is 19.5 Å². The van der Waals surface area contributed by atoms with Crippen molar-refractivity contribution in [3.05, 3.63) is 29.8 Å². The summed E-state index contributed by atoms with van der Waals surface area (Å²) < 4.78 is 9.66. The number of nitrogens with one attached hydrogen (secondary N) is 1. The van der Waals surface area contributed by atoms with Gasteiger partial charge in [-0.2, -0.15) is 0 Å². The molecule has 0 saturated heterocycles. The Labute approximate surface area is 153 Å². The summed E-state index contributed by atoms with van der Waals surface area (Å²) in [5.74, 6) is -1.19. The van der Waals surface area contributed by atoms with Gasteiger partial charge in [0.25, 0.3) is 0 Å². The van der Waals surface area contributed by atoms with Crippen molar-refractivity contribution in [2.75, 3.05) is 12.4 Å². The van der Waals surface area contributed by atoms with Gasteiger partial charge in [0.1, 0.15) is 11.4 Å². The molecule has 0 aromatic heterocycles. The first kappa shape index (κ1) is 21.2. The summed E-state index contributed by atoms with van der Waals surface area (Å²) in [5, 5.41) is 12.6. The fourth-order valence-corrected chi connectivity index (χ4v) is 1.98. The molecule has 0 aliphatic heterocycles. The van der Waals surface area contributed by atoms with Gasteiger partial charge in [0.15, 0.2) is 0 Å². The van der Waals surface area contributed by atoms with Crippen molar-refractivity contribution in [1.82, 2.24) is 0 Å². The molecular formula is C19H25NO6. The molecule has 0 fully saturated rings. The Morgan fingerprint density at radius 1 is 1.19 bits per heavy atom. The maximum Gasteiger partial charge on any atom is 0.331 e. The Kier molecular flexibility index (Phi) is 7.83. The SMILES string of the molecule is COC(=O)CCCC(=O)Nc1ccc(O)c(C=CC(=O)OC(C)(C)C)c1. The molecule has 0 unspecified atom stereocenters. The largest absolute Gasteiger partial charge is 0.507 e. The van der Waals surface area contributed by atoms with E-state index in [1.165, 1.54) is 31.4 Å². The number of rotatable bonds is 7. The number of hydrogen-bond acceptors (Lipinski definition) is 6. The van der Waals surface area contributed by atoms with E-state index in [1.807, 2.05) is 0 Å². The fraction of sp³-hybridized carbons (Fsp3) is 0.421. The Balaban J connectivity index is 2.67. The predicted molar refractivity (Wildman–Crippen MR) is 97.5 cm³/mol. The van der Waals surface area contributed by atoms with Gasteiger partial charge < -0.3 is 19.9 Å². The van der Waals surface area contributed by atoms with Crippen LogP contribution in [0.3, 0.4) is 0 Å². The predicted octanol–water partition coefficient (Wildman–Crippen LogP) is 3.03. The average Bonchev–Trinajstić information content (AvgIpc) is 2.53. The van der Waals surface area contributed by atoms with Crippen molar-refractivity contribution < 1.29 is 29.0 Å². The monoisotopic (exact) mass is 363 g/mol. The minimum atomic E-state index is -0.608. The minimum Gasteiger partial charge on any atom is -0.507 e. The standard InChI is InChI=1S/C19H25NO6/c1-19(2,3)26-18(24)11-8-13-12-14(9-10-15(13)21)20-16(22)6-5-7-17(23)25-4/h8-12,21H,5-7H2,1-4H3,(H,20,22). The zero-order chi connectivity index (χ0) is 19.7. The number of ether oxygens (including phenoxy) is 2. The highest BCUT2D eigenvalue weighted by atomic mass is 16.6. The Morgan fingerprint density at radius 3 is 2.50 bits per heavy atom. The van der Waals surface area contributed by atoms with Gasteiger partial charge >= 0.3 is 11.9 Å². The van der Waals surface area contributed by atoms with Crippen LogP contribution in [0.4, 0.5) is 5.69 Å². The van der Waals surface area contributed by atoms with Crippen molar-refractivity contribution in [2.24, 2.45) is 0 Å². The number of methoxy groups -OCH3 is 1. The van der Waals surface area contributed by atoms with Gasteiger partial charge in [0.2, 0.25) is 5.91 Å². The topological polar surface area (TPSA) is 102 Å². The molecule has 1 aromatic rings. The molecule has 0 aliphatic carbocycles. The van der Waals surface area contributed by atoms with Gasteiger partial charge in [0.05, 0.1) is 7.11 Å². The summed E-state index contributed by atoms with van der Waals surface area (Å²) in [6, 6.07) is 4.49. The van der Waals surface area contributed by atoms with Crippen LogP contribution >= 0.6 is 0 Å². The molecule has 0 atom stereocenters. The minimum absolute atomic E-state index is 0.0338. The number of phenols is 1. The fourth-order valence-electron chi connectivity index (χ4n) is 1.98. The van der Waals surface area contributed by atoms with Gasteiger partial charge in [-0.15, -0.1) is 0 Å². The zero-order valence-corrected chi connectivity index (χ0v) is 15.5. The van der Waals surface area contributed by atoms with Crippen LogP contribution in [0.15, 0.2) is 24.3 Å². The number of esters is 2. The summed E-state index contributed by atoms with van der Waals surface area (Å²) in [6.07, 6.45) is 3.34. The number of anilines is 1. The molecule has 7 nitrogen and oxygen atoms in total. The molecule has 2 N–H and O–H groups in total. The van der Waals surface area contributed by atoms with Crippen LogP contribution in [0, 0.1) is 0 Å². The van der Waals surface area contributed by atoms with Crippen LogP contribution in [0.2, 0.25) is 0 Å². The number of carbonyl (C=O) groups is 3. The lowest BCUT2D eigenvalue weighted by atomic mass is 10.1. The summed E-state index contributed by atoms with van der Waals surface area (Å²) in [5.41, 5.74) is 0.224. The number of aromatic hydroxyl groups is 1. The van der Waals surface area contributed by atoms with E-state index in [-0.39, 0.29) is 30.5 Å². The lowest BCUT2D eigenvalue weighted by Gasteiger charge is -2.17. The van der Waals surface area contributed by atoms with Crippen molar-refractivity contribution in [2.45, 2.75) is 45.6 Å². The van der Waals surface area contributed by atoms with Crippen LogP contribution < -0.4 is 5.32 Å². The molecule has 1 amide bonds. The van der Waals surface area contributed by atoms with Crippen LogP contribution in [0.25, 0.3) is 6.08 Å². The highest BCUT2D eigenvalue weighted by molar-refractivity contribution is 5.92. The molecule has 142 valence electrons. The van der Waals surface area contributed by atoms with Gasteiger partial charge in [-0.3, -0.25) is 9.59 Å². The van der Waals surface area contributed by atoms with E-state index < -0.39 is 11.6 Å². The second-order valence-electron chi connectivity index (χ2n) is 6.62. The summed E-state index contributed by atoms with van der Waals surface area (Å²) in [6.45, 7) is 5.27. The molecule has 0 saturated carbocycles. The zero-order valence-electron chi connectivity index (χ0n) is 15.5. The van der Waals surface area contributed by atoms with E-state index >= 15 is 0 Å². The highest BCUT2D eigenvalue weighted by Crippen LogP contribution is 2.23. The van der Waals surface area contributed by atoms with Crippen molar-refractivity contribution in [3.63, 3.8) is 0 Å². The maximum atomic E-state index is 11.9. The summed E-state index contributed by atoms with van der Waals surface area (Å²) in [7, 11) is 1.30. The lowest BCUT2D eigenvalue weighted by Crippen LogP contribution is -2.22. The number of amides is 1. The Hall–Kier alpha value is -2.83. The normalized spacial score (nSPS) is 11.2. The third-order valence-corrected chi connectivity index (χ3v) is 3.13. The summed E-state index contributed by atoms with van der Waals surface area (Å²) in [4.78, 5) is 34.6. The molecule has 0 aliphatic rings. The van der Waals surface area contributed by atoms with Gasteiger partial charge in [-0.05, 0) is 51.5 Å². The van der Waals surface area contributed by atoms with E-state index in [2.05, 4.69) is 10.1 Å². The maximum absolute atomic E-state index is 11.9. The highest BCUT2D eigenvalue weighted by Gasteiger charge is 2.14. The molecule has 0 bridgehead atoms.